The Bertz CT molecular complexity index is 745. The normalized spacial score (nSPS) is 16.9. The van der Waals surface area contributed by atoms with Gasteiger partial charge in [0.25, 0.3) is 5.91 Å². The van der Waals surface area contributed by atoms with Gasteiger partial charge in [-0.15, -0.1) is 23.7 Å². The predicted octanol–water partition coefficient (Wildman–Crippen LogP) is 4.48. The molecule has 0 aliphatic carbocycles. The van der Waals surface area contributed by atoms with Crippen molar-refractivity contribution < 1.29 is 18.0 Å². The number of nitrogens with one attached hydrogen (secondary N) is 2. The number of thiophene rings is 1. The molecule has 0 fully saturated rings. The van der Waals surface area contributed by atoms with Crippen molar-refractivity contribution in [2.24, 2.45) is 0 Å². The van der Waals surface area contributed by atoms with E-state index in [-0.39, 0.29) is 30.0 Å². The molecule has 8 heteroatoms. The highest BCUT2D eigenvalue weighted by Crippen LogP contribution is 2.31. The van der Waals surface area contributed by atoms with Crippen molar-refractivity contribution in [3.05, 3.63) is 51.2 Å². The van der Waals surface area contributed by atoms with E-state index in [1.165, 1.54) is 23.5 Å². The lowest BCUT2D eigenvalue weighted by atomic mass is 9.99. The van der Waals surface area contributed by atoms with Gasteiger partial charge in [-0.05, 0) is 37.1 Å². The monoisotopic (exact) mass is 376 g/mol. The highest BCUT2D eigenvalue weighted by molar-refractivity contribution is 7.10. The zero-order chi connectivity index (χ0) is 16.6. The number of carbonyl (C=O) groups excluding carboxylic acids is 1. The van der Waals surface area contributed by atoms with Crippen LogP contribution in [0, 0.1) is 0 Å². The van der Waals surface area contributed by atoms with Crippen LogP contribution >= 0.6 is 23.7 Å². The number of carbonyl (C=O) groups is 1. The van der Waals surface area contributed by atoms with Crippen LogP contribution in [0.1, 0.15) is 33.3 Å². The number of benzene rings is 1. The third-order valence-corrected chi connectivity index (χ3v) is 4.82. The van der Waals surface area contributed by atoms with Crippen LogP contribution in [-0.2, 0) is 19.1 Å². The first-order chi connectivity index (χ1) is 10.8. The molecule has 1 aromatic heterocycles. The number of alkyl halides is 3. The Morgan fingerprint density at radius 1 is 1.38 bits per heavy atom. The van der Waals surface area contributed by atoms with Crippen LogP contribution in [0.3, 0.4) is 0 Å². The van der Waals surface area contributed by atoms with Gasteiger partial charge < -0.3 is 10.6 Å². The average Bonchev–Trinajstić information content (AvgIpc) is 2.89. The number of halogens is 4. The number of hydrogen-bond donors (Lipinski definition) is 2. The van der Waals surface area contributed by atoms with Crippen molar-refractivity contribution in [2.45, 2.75) is 32.1 Å². The van der Waals surface area contributed by atoms with E-state index in [2.05, 4.69) is 10.6 Å². The molecule has 3 nitrogen and oxygen atoms in total. The van der Waals surface area contributed by atoms with E-state index in [9.17, 15) is 18.0 Å². The second-order valence-corrected chi connectivity index (χ2v) is 6.53. The van der Waals surface area contributed by atoms with Gasteiger partial charge in [0.1, 0.15) is 0 Å². The van der Waals surface area contributed by atoms with Gasteiger partial charge in [0.15, 0.2) is 0 Å². The fourth-order valence-corrected chi connectivity index (χ4v) is 3.61. The molecule has 1 aliphatic heterocycles. The summed E-state index contributed by atoms with van der Waals surface area (Å²) in [5.74, 6) is -0.365. The molecule has 0 saturated heterocycles. The summed E-state index contributed by atoms with van der Waals surface area (Å²) in [5, 5.41) is 7.66. The minimum Gasteiger partial charge on any atom is -0.322 e. The summed E-state index contributed by atoms with van der Waals surface area (Å²) < 4.78 is 38.2. The molecule has 0 bridgehead atoms. The lowest BCUT2D eigenvalue weighted by Crippen LogP contribution is -2.32. The van der Waals surface area contributed by atoms with Gasteiger partial charge in [-0.2, -0.15) is 13.2 Å². The number of hydrogen-bond acceptors (Lipinski definition) is 3. The Balaban J connectivity index is 0.00000208. The number of amides is 1. The zero-order valence-electron chi connectivity index (χ0n) is 12.7. The first kappa shape index (κ1) is 18.8. The van der Waals surface area contributed by atoms with Gasteiger partial charge in [-0.1, -0.05) is 6.07 Å². The van der Waals surface area contributed by atoms with Crippen molar-refractivity contribution >= 4 is 35.3 Å². The number of anilines is 1. The Hall–Kier alpha value is -1.57. The molecule has 1 atom stereocenters. The lowest BCUT2D eigenvalue weighted by molar-refractivity contribution is -0.137. The van der Waals surface area contributed by atoms with E-state index < -0.39 is 11.7 Å². The van der Waals surface area contributed by atoms with E-state index >= 15 is 0 Å². The van der Waals surface area contributed by atoms with Crippen LogP contribution in [0.15, 0.2) is 29.6 Å². The Morgan fingerprint density at radius 3 is 2.83 bits per heavy atom. The minimum absolute atomic E-state index is 0. The molecule has 24 heavy (non-hydrogen) atoms. The maximum Gasteiger partial charge on any atom is 0.416 e. The van der Waals surface area contributed by atoms with Crippen LogP contribution in [0.4, 0.5) is 18.9 Å². The van der Waals surface area contributed by atoms with Crippen molar-refractivity contribution in [3.8, 4) is 0 Å². The maximum atomic E-state index is 12.7. The SMILES string of the molecule is CC1Cc2c(C(=O)Nc3cccc(C(F)(F)F)c3)csc2CN1.Cl. The quantitative estimate of drug-likeness (QED) is 0.811. The Kier molecular flexibility index (Phi) is 5.57. The van der Waals surface area contributed by atoms with E-state index in [1.807, 2.05) is 6.92 Å². The molecule has 130 valence electrons. The van der Waals surface area contributed by atoms with Crippen LogP contribution in [-0.4, -0.2) is 11.9 Å². The topological polar surface area (TPSA) is 41.1 Å². The number of fused-ring (bicyclic) bond motifs is 1. The molecule has 1 unspecified atom stereocenters. The van der Waals surface area contributed by atoms with E-state index in [4.69, 9.17) is 0 Å². The van der Waals surface area contributed by atoms with E-state index in [0.29, 0.717) is 5.56 Å². The molecule has 0 spiro atoms. The van der Waals surface area contributed by atoms with Crippen LogP contribution in [0.2, 0.25) is 0 Å². The summed E-state index contributed by atoms with van der Waals surface area (Å²) in [7, 11) is 0. The Morgan fingerprint density at radius 2 is 2.12 bits per heavy atom. The summed E-state index contributed by atoms with van der Waals surface area (Å²) in [6.45, 7) is 2.76. The van der Waals surface area contributed by atoms with Crippen molar-refractivity contribution in [3.63, 3.8) is 0 Å². The molecule has 1 aromatic carbocycles. The molecule has 0 radical (unpaired) electrons. The first-order valence-electron chi connectivity index (χ1n) is 7.16. The molecule has 3 rings (SSSR count). The summed E-state index contributed by atoms with van der Waals surface area (Å²) in [4.78, 5) is 13.5. The summed E-state index contributed by atoms with van der Waals surface area (Å²) in [5.41, 5.74) is 0.911. The molecule has 1 aliphatic rings. The summed E-state index contributed by atoms with van der Waals surface area (Å²) >= 11 is 1.50. The van der Waals surface area contributed by atoms with Gasteiger partial charge in [0, 0.05) is 28.5 Å². The Labute approximate surface area is 147 Å². The molecule has 2 heterocycles. The summed E-state index contributed by atoms with van der Waals surface area (Å²) in [6, 6.07) is 4.94. The highest BCUT2D eigenvalue weighted by atomic mass is 35.5. The smallest absolute Gasteiger partial charge is 0.322 e. The molecule has 2 aromatic rings. The highest BCUT2D eigenvalue weighted by Gasteiger charge is 2.30. The third kappa shape index (κ3) is 3.91. The third-order valence-electron chi connectivity index (χ3n) is 3.79. The van der Waals surface area contributed by atoms with Crippen LogP contribution < -0.4 is 10.6 Å². The molecular formula is C16H16ClF3N2OS. The van der Waals surface area contributed by atoms with Crippen molar-refractivity contribution in [1.29, 1.82) is 0 Å². The predicted molar refractivity (Wildman–Crippen MR) is 91.0 cm³/mol. The van der Waals surface area contributed by atoms with Crippen molar-refractivity contribution in [2.75, 3.05) is 5.32 Å². The second-order valence-electron chi connectivity index (χ2n) is 5.57. The molecular weight excluding hydrogens is 361 g/mol. The molecule has 0 saturated carbocycles. The number of rotatable bonds is 2. The zero-order valence-corrected chi connectivity index (χ0v) is 14.4. The fraction of sp³-hybridized carbons (Fsp3) is 0.312. The second kappa shape index (κ2) is 7.13. The maximum absolute atomic E-state index is 12.7. The van der Waals surface area contributed by atoms with E-state index in [1.54, 1.807) is 5.38 Å². The van der Waals surface area contributed by atoms with E-state index in [0.717, 1.165) is 35.5 Å². The molecule has 1 amide bonds. The van der Waals surface area contributed by atoms with Crippen molar-refractivity contribution in [1.82, 2.24) is 5.32 Å². The standard InChI is InChI=1S/C16H15F3N2OS.ClH/c1-9-5-12-13(8-23-14(12)7-20-9)15(22)21-11-4-2-3-10(6-11)16(17,18)19;/h2-4,6,8-9,20H,5,7H2,1H3,(H,21,22);1H. The summed E-state index contributed by atoms with van der Waals surface area (Å²) in [6.07, 6.45) is -3.69. The van der Waals surface area contributed by atoms with Gasteiger partial charge in [-0.25, -0.2) is 0 Å². The van der Waals surface area contributed by atoms with Crippen LogP contribution in [0.5, 0.6) is 0 Å². The molecule has 2 N–H and O–H groups in total. The fourth-order valence-electron chi connectivity index (χ4n) is 2.60. The lowest BCUT2D eigenvalue weighted by Gasteiger charge is -2.21. The van der Waals surface area contributed by atoms with Gasteiger partial charge in [-0.3, -0.25) is 4.79 Å². The first-order valence-corrected chi connectivity index (χ1v) is 8.04. The average molecular weight is 377 g/mol. The largest absolute Gasteiger partial charge is 0.416 e. The van der Waals surface area contributed by atoms with Gasteiger partial charge >= 0.3 is 6.18 Å². The van der Waals surface area contributed by atoms with Gasteiger partial charge in [0.2, 0.25) is 0 Å². The minimum atomic E-state index is -4.43. The van der Waals surface area contributed by atoms with Crippen LogP contribution in [0.25, 0.3) is 0 Å². The van der Waals surface area contributed by atoms with Gasteiger partial charge in [0.05, 0.1) is 11.1 Å².